The summed E-state index contributed by atoms with van der Waals surface area (Å²) in [4.78, 5) is 17.4. The number of carbonyl (C=O) groups excluding carboxylic acids is 1. The minimum atomic E-state index is -0.148. The Kier molecular flexibility index (Phi) is 6.25. The van der Waals surface area contributed by atoms with Gasteiger partial charge in [0.25, 0.3) is 0 Å². The van der Waals surface area contributed by atoms with Crippen molar-refractivity contribution in [1.82, 2.24) is 9.88 Å². The predicted molar refractivity (Wildman–Crippen MR) is 66.7 cm³/mol. The average molecular weight is 236 g/mol. The van der Waals surface area contributed by atoms with E-state index < -0.39 is 0 Å². The number of pyridine rings is 1. The van der Waals surface area contributed by atoms with Gasteiger partial charge in [0.05, 0.1) is 13.5 Å². The van der Waals surface area contributed by atoms with Crippen LogP contribution in [0.1, 0.15) is 18.9 Å². The third-order valence-electron chi connectivity index (χ3n) is 2.75. The number of nitrogens with zero attached hydrogens (tertiary/aromatic N) is 2. The van der Waals surface area contributed by atoms with Gasteiger partial charge < -0.3 is 9.64 Å². The first-order chi connectivity index (χ1) is 8.26. The van der Waals surface area contributed by atoms with E-state index in [-0.39, 0.29) is 5.97 Å². The van der Waals surface area contributed by atoms with Gasteiger partial charge >= 0.3 is 5.97 Å². The van der Waals surface area contributed by atoms with Crippen LogP contribution < -0.4 is 0 Å². The van der Waals surface area contributed by atoms with Crippen LogP contribution in [-0.2, 0) is 16.0 Å². The fourth-order valence-corrected chi connectivity index (χ4v) is 1.61. The molecule has 0 radical (unpaired) electrons. The quantitative estimate of drug-likeness (QED) is 0.673. The molecule has 17 heavy (non-hydrogen) atoms. The van der Waals surface area contributed by atoms with Crippen LogP contribution in [0.3, 0.4) is 0 Å². The molecule has 1 heterocycles. The van der Waals surface area contributed by atoms with Gasteiger partial charge in [-0.25, -0.2) is 0 Å². The van der Waals surface area contributed by atoms with Crippen LogP contribution in [-0.4, -0.2) is 42.6 Å². The Bertz CT molecular complexity index is 327. The molecule has 0 fully saturated rings. The van der Waals surface area contributed by atoms with Crippen molar-refractivity contribution in [1.29, 1.82) is 0 Å². The van der Waals surface area contributed by atoms with Crippen molar-refractivity contribution in [2.75, 3.05) is 26.7 Å². The summed E-state index contributed by atoms with van der Waals surface area (Å²) in [6.07, 6.45) is 5.08. The van der Waals surface area contributed by atoms with Gasteiger partial charge in [0.2, 0.25) is 0 Å². The van der Waals surface area contributed by atoms with Gasteiger partial charge in [-0.1, -0.05) is 13.0 Å². The number of hydrogen-bond acceptors (Lipinski definition) is 4. The van der Waals surface area contributed by atoms with Crippen LogP contribution >= 0.6 is 0 Å². The predicted octanol–water partition coefficient (Wildman–Crippen LogP) is 1.51. The number of methoxy groups -OCH3 is 1. The van der Waals surface area contributed by atoms with Crippen molar-refractivity contribution < 1.29 is 9.53 Å². The highest BCUT2D eigenvalue weighted by Gasteiger charge is 2.06. The molecular formula is C13H20N2O2. The van der Waals surface area contributed by atoms with E-state index in [2.05, 4.69) is 27.6 Å². The van der Waals surface area contributed by atoms with Crippen LogP contribution in [0.5, 0.6) is 0 Å². The second-order valence-corrected chi connectivity index (χ2v) is 3.87. The van der Waals surface area contributed by atoms with Crippen LogP contribution in [0, 0.1) is 0 Å². The summed E-state index contributed by atoms with van der Waals surface area (Å²) in [5.41, 5.74) is 1.23. The zero-order valence-corrected chi connectivity index (χ0v) is 10.6. The Morgan fingerprint density at radius 3 is 2.88 bits per heavy atom. The molecule has 0 aliphatic rings. The van der Waals surface area contributed by atoms with Gasteiger partial charge in [0, 0.05) is 25.5 Å². The first-order valence-corrected chi connectivity index (χ1v) is 5.94. The topological polar surface area (TPSA) is 42.4 Å². The van der Waals surface area contributed by atoms with Crippen molar-refractivity contribution in [2.24, 2.45) is 0 Å². The molecule has 0 saturated heterocycles. The lowest BCUT2D eigenvalue weighted by Gasteiger charge is -2.19. The molecule has 4 heteroatoms. The molecule has 0 aliphatic heterocycles. The molecule has 0 saturated carbocycles. The number of carbonyl (C=O) groups is 1. The normalized spacial score (nSPS) is 10.5. The number of likely N-dealkylation sites (N-methyl/N-ethyl adjacent to an activating group) is 1. The van der Waals surface area contributed by atoms with E-state index in [1.165, 1.54) is 12.7 Å². The third-order valence-corrected chi connectivity index (χ3v) is 2.75. The number of aromatic nitrogens is 1. The number of ether oxygens (including phenoxy) is 1. The molecule has 4 nitrogen and oxygen atoms in total. The zero-order chi connectivity index (χ0) is 12.5. The third kappa shape index (κ3) is 5.45. The standard InChI is InChI=1S/C13H20N2O2/c1-3-15(10-7-13(16)17-2)9-6-12-5-4-8-14-11-12/h4-5,8,11H,3,6-7,9-10H2,1-2H3. The first-order valence-electron chi connectivity index (χ1n) is 5.94. The maximum atomic E-state index is 11.0. The molecule has 0 unspecified atom stereocenters. The van der Waals surface area contributed by atoms with E-state index in [1.807, 2.05) is 12.3 Å². The van der Waals surface area contributed by atoms with Gasteiger partial charge in [0.1, 0.15) is 0 Å². The first kappa shape index (κ1) is 13.6. The van der Waals surface area contributed by atoms with Crippen LogP contribution in [0.2, 0.25) is 0 Å². The Morgan fingerprint density at radius 2 is 2.29 bits per heavy atom. The molecule has 0 aromatic carbocycles. The summed E-state index contributed by atoms with van der Waals surface area (Å²) in [5.74, 6) is -0.148. The Labute approximate surface area is 103 Å². The second-order valence-electron chi connectivity index (χ2n) is 3.87. The highest BCUT2D eigenvalue weighted by molar-refractivity contribution is 5.69. The highest BCUT2D eigenvalue weighted by atomic mass is 16.5. The summed E-state index contributed by atoms with van der Waals surface area (Å²) in [5, 5.41) is 0. The molecule has 0 aliphatic carbocycles. The molecular weight excluding hydrogens is 216 g/mol. The van der Waals surface area contributed by atoms with Gasteiger partial charge in [-0.15, -0.1) is 0 Å². The largest absolute Gasteiger partial charge is 0.469 e. The maximum Gasteiger partial charge on any atom is 0.306 e. The molecule has 0 amide bonds. The fourth-order valence-electron chi connectivity index (χ4n) is 1.61. The monoisotopic (exact) mass is 236 g/mol. The molecule has 1 aromatic rings. The molecule has 94 valence electrons. The molecule has 0 atom stereocenters. The van der Waals surface area contributed by atoms with Gasteiger partial charge in [-0.3, -0.25) is 9.78 Å². The summed E-state index contributed by atoms with van der Waals surface area (Å²) < 4.78 is 4.63. The summed E-state index contributed by atoms with van der Waals surface area (Å²) in [6.45, 7) is 4.74. The lowest BCUT2D eigenvalue weighted by atomic mass is 10.2. The van der Waals surface area contributed by atoms with E-state index in [1.54, 1.807) is 6.20 Å². The fraction of sp³-hybridized carbons (Fsp3) is 0.538. The van der Waals surface area contributed by atoms with Crippen molar-refractivity contribution in [2.45, 2.75) is 19.8 Å². The highest BCUT2D eigenvalue weighted by Crippen LogP contribution is 2.00. The minimum Gasteiger partial charge on any atom is -0.469 e. The van der Waals surface area contributed by atoms with Crippen molar-refractivity contribution in [3.05, 3.63) is 30.1 Å². The van der Waals surface area contributed by atoms with E-state index in [4.69, 9.17) is 0 Å². The average Bonchev–Trinajstić information content (AvgIpc) is 2.39. The van der Waals surface area contributed by atoms with E-state index in [0.29, 0.717) is 6.42 Å². The van der Waals surface area contributed by atoms with Crippen LogP contribution in [0.15, 0.2) is 24.5 Å². The lowest BCUT2D eigenvalue weighted by Crippen LogP contribution is -2.28. The zero-order valence-electron chi connectivity index (χ0n) is 10.6. The second kappa shape index (κ2) is 7.79. The van der Waals surface area contributed by atoms with Crippen LogP contribution in [0.25, 0.3) is 0 Å². The van der Waals surface area contributed by atoms with Gasteiger partial charge in [-0.05, 0) is 24.6 Å². The SMILES string of the molecule is CCN(CCC(=O)OC)CCc1cccnc1. The van der Waals surface area contributed by atoms with Crippen LogP contribution in [0.4, 0.5) is 0 Å². The Morgan fingerprint density at radius 1 is 1.47 bits per heavy atom. The summed E-state index contributed by atoms with van der Waals surface area (Å²) >= 11 is 0. The van der Waals surface area contributed by atoms with E-state index in [0.717, 1.165) is 26.1 Å². The smallest absolute Gasteiger partial charge is 0.306 e. The Hall–Kier alpha value is -1.42. The molecule has 0 N–H and O–H groups in total. The number of esters is 1. The number of rotatable bonds is 7. The molecule has 0 spiro atoms. The van der Waals surface area contributed by atoms with E-state index >= 15 is 0 Å². The summed E-state index contributed by atoms with van der Waals surface area (Å²) in [6, 6.07) is 4.02. The summed E-state index contributed by atoms with van der Waals surface area (Å²) in [7, 11) is 1.42. The van der Waals surface area contributed by atoms with Gasteiger partial charge in [-0.2, -0.15) is 0 Å². The Balaban J connectivity index is 2.30. The molecule has 1 rings (SSSR count). The van der Waals surface area contributed by atoms with Crippen molar-refractivity contribution in [3.63, 3.8) is 0 Å². The lowest BCUT2D eigenvalue weighted by molar-refractivity contribution is -0.140. The maximum absolute atomic E-state index is 11.0. The van der Waals surface area contributed by atoms with Gasteiger partial charge in [0.15, 0.2) is 0 Å². The number of hydrogen-bond donors (Lipinski definition) is 0. The molecule has 0 bridgehead atoms. The minimum absolute atomic E-state index is 0.148. The van der Waals surface area contributed by atoms with Crippen molar-refractivity contribution in [3.8, 4) is 0 Å². The van der Waals surface area contributed by atoms with E-state index in [9.17, 15) is 4.79 Å². The van der Waals surface area contributed by atoms with Crippen molar-refractivity contribution >= 4 is 5.97 Å². The molecule has 1 aromatic heterocycles.